The molecule has 0 aliphatic carbocycles. The van der Waals surface area contributed by atoms with Gasteiger partial charge in [0.1, 0.15) is 11.6 Å². The smallest absolute Gasteiger partial charge is 0.128 e. The van der Waals surface area contributed by atoms with Crippen LogP contribution in [0.5, 0.6) is 0 Å². The largest absolute Gasteiger partial charge is 0.267 e. The van der Waals surface area contributed by atoms with Crippen LogP contribution in [0, 0.1) is 15.2 Å². The lowest BCUT2D eigenvalue weighted by atomic mass is 10.2. The van der Waals surface area contributed by atoms with Crippen molar-refractivity contribution in [2.24, 2.45) is 0 Å². The Bertz CT molecular complexity index is 482. The minimum atomic E-state index is -0.437. The third-order valence-electron chi connectivity index (χ3n) is 1.94. The van der Waals surface area contributed by atoms with E-state index in [4.69, 9.17) is 0 Å². The fourth-order valence-electron chi connectivity index (χ4n) is 1.26. The Labute approximate surface area is 99.1 Å². The Hall–Kier alpha value is -0.980. The first-order valence-electron chi connectivity index (χ1n) is 4.27. The number of hydrogen-bond acceptors (Lipinski definition) is 1. The zero-order valence-electron chi connectivity index (χ0n) is 7.62. The van der Waals surface area contributed by atoms with E-state index in [1.54, 1.807) is 17.1 Å². The van der Waals surface area contributed by atoms with Gasteiger partial charge in [-0.15, -0.1) is 0 Å². The van der Waals surface area contributed by atoms with Crippen LogP contribution < -0.4 is 0 Å². The number of benzene rings is 1. The van der Waals surface area contributed by atoms with Crippen molar-refractivity contribution in [3.63, 3.8) is 0 Å². The summed E-state index contributed by atoms with van der Waals surface area (Å²) < 4.78 is 28.6. The molecule has 0 spiro atoms. The van der Waals surface area contributed by atoms with Gasteiger partial charge in [0.05, 0.1) is 16.3 Å². The van der Waals surface area contributed by atoms with Gasteiger partial charge >= 0.3 is 0 Å². The van der Waals surface area contributed by atoms with Gasteiger partial charge in [0.15, 0.2) is 0 Å². The predicted molar refractivity (Wildman–Crippen MR) is 60.4 cm³/mol. The fourth-order valence-corrected chi connectivity index (χ4v) is 1.71. The maximum Gasteiger partial charge on any atom is 0.128 e. The van der Waals surface area contributed by atoms with E-state index in [1.165, 1.54) is 6.07 Å². The SMILES string of the molecule is Fc1ccc(F)c(Cn2cc(I)cn2)c1. The third-order valence-corrected chi connectivity index (χ3v) is 2.50. The normalized spacial score (nSPS) is 10.6. The summed E-state index contributed by atoms with van der Waals surface area (Å²) in [6.45, 7) is 0.243. The second kappa shape index (κ2) is 4.26. The molecule has 2 nitrogen and oxygen atoms in total. The first kappa shape index (κ1) is 10.5. The van der Waals surface area contributed by atoms with Gasteiger partial charge in [-0.1, -0.05) is 0 Å². The molecule has 1 aromatic heterocycles. The zero-order chi connectivity index (χ0) is 10.8. The molecule has 0 saturated carbocycles. The number of halogens is 3. The Morgan fingerprint density at radius 1 is 1.33 bits per heavy atom. The molecule has 0 amide bonds. The molecule has 0 radical (unpaired) electrons. The summed E-state index contributed by atoms with van der Waals surface area (Å²) in [5.41, 5.74) is 0.300. The molecule has 0 bridgehead atoms. The molecule has 2 aromatic rings. The third kappa shape index (κ3) is 2.53. The molecule has 78 valence electrons. The van der Waals surface area contributed by atoms with Gasteiger partial charge in [0.2, 0.25) is 0 Å². The van der Waals surface area contributed by atoms with E-state index in [0.717, 1.165) is 15.7 Å². The highest BCUT2D eigenvalue weighted by Crippen LogP contribution is 2.11. The quantitative estimate of drug-likeness (QED) is 0.778. The standard InChI is InChI=1S/C10H7F2IN2/c11-8-1-2-10(12)7(3-8)5-15-6-9(13)4-14-15/h1-4,6H,5H2. The lowest BCUT2D eigenvalue weighted by molar-refractivity contribution is 0.566. The maximum atomic E-state index is 13.3. The molecule has 0 saturated heterocycles. The van der Waals surface area contributed by atoms with Crippen molar-refractivity contribution in [1.29, 1.82) is 0 Å². The molecular weight excluding hydrogens is 313 g/mol. The van der Waals surface area contributed by atoms with Gasteiger partial charge in [-0.3, -0.25) is 4.68 Å². The molecule has 0 aliphatic rings. The second-order valence-electron chi connectivity index (χ2n) is 3.09. The van der Waals surface area contributed by atoms with Crippen LogP contribution in [0.4, 0.5) is 8.78 Å². The molecule has 0 unspecified atom stereocenters. The fraction of sp³-hybridized carbons (Fsp3) is 0.100. The van der Waals surface area contributed by atoms with Gasteiger partial charge < -0.3 is 0 Å². The van der Waals surface area contributed by atoms with Gasteiger partial charge in [-0.25, -0.2) is 8.78 Å². The highest BCUT2D eigenvalue weighted by atomic mass is 127. The van der Waals surface area contributed by atoms with Gasteiger partial charge in [0, 0.05) is 11.8 Å². The molecule has 5 heteroatoms. The van der Waals surface area contributed by atoms with Crippen LogP contribution in [-0.4, -0.2) is 9.78 Å². The topological polar surface area (TPSA) is 17.8 Å². The summed E-state index contributed by atoms with van der Waals surface area (Å²) in [6.07, 6.45) is 3.43. The molecule has 15 heavy (non-hydrogen) atoms. The van der Waals surface area contributed by atoms with E-state index in [9.17, 15) is 8.78 Å². The summed E-state index contributed by atoms with van der Waals surface area (Å²) >= 11 is 2.11. The van der Waals surface area contributed by atoms with Crippen LogP contribution >= 0.6 is 22.6 Å². The minimum Gasteiger partial charge on any atom is -0.267 e. The lowest BCUT2D eigenvalue weighted by Gasteiger charge is -2.03. The summed E-state index contributed by atoms with van der Waals surface area (Å²) in [7, 11) is 0. The summed E-state index contributed by atoms with van der Waals surface area (Å²) in [6, 6.07) is 3.41. The predicted octanol–water partition coefficient (Wildman–Crippen LogP) is 2.81. The molecule has 1 heterocycles. The minimum absolute atomic E-state index is 0.243. The highest BCUT2D eigenvalue weighted by molar-refractivity contribution is 14.1. The van der Waals surface area contributed by atoms with Crippen LogP contribution in [0.2, 0.25) is 0 Å². The Kier molecular flexibility index (Phi) is 2.99. The van der Waals surface area contributed by atoms with Gasteiger partial charge in [-0.2, -0.15) is 5.10 Å². The van der Waals surface area contributed by atoms with Crippen LogP contribution in [-0.2, 0) is 6.54 Å². The summed E-state index contributed by atoms with van der Waals surface area (Å²) in [5, 5.41) is 4.00. The molecule has 1 aromatic carbocycles. The molecule has 0 atom stereocenters. The Morgan fingerprint density at radius 2 is 2.13 bits per heavy atom. The Morgan fingerprint density at radius 3 is 2.80 bits per heavy atom. The van der Waals surface area contributed by atoms with Crippen LogP contribution in [0.3, 0.4) is 0 Å². The van der Waals surface area contributed by atoms with Crippen molar-refractivity contribution in [2.75, 3.05) is 0 Å². The molecule has 2 rings (SSSR count). The van der Waals surface area contributed by atoms with E-state index in [-0.39, 0.29) is 6.54 Å². The number of aromatic nitrogens is 2. The van der Waals surface area contributed by atoms with E-state index >= 15 is 0 Å². The molecule has 0 aliphatic heterocycles. The van der Waals surface area contributed by atoms with E-state index in [0.29, 0.717) is 5.56 Å². The van der Waals surface area contributed by atoms with Crippen molar-refractivity contribution < 1.29 is 8.78 Å². The van der Waals surface area contributed by atoms with Crippen LogP contribution in [0.1, 0.15) is 5.56 Å². The van der Waals surface area contributed by atoms with Gasteiger partial charge in [-0.05, 0) is 40.8 Å². The Balaban J connectivity index is 2.27. The lowest BCUT2D eigenvalue weighted by Crippen LogP contribution is -2.02. The number of hydrogen-bond donors (Lipinski definition) is 0. The summed E-state index contributed by atoms with van der Waals surface area (Å²) in [4.78, 5) is 0. The van der Waals surface area contributed by atoms with Crippen molar-refractivity contribution >= 4 is 22.6 Å². The van der Waals surface area contributed by atoms with Crippen molar-refractivity contribution in [2.45, 2.75) is 6.54 Å². The van der Waals surface area contributed by atoms with Crippen molar-refractivity contribution in [1.82, 2.24) is 9.78 Å². The van der Waals surface area contributed by atoms with Crippen molar-refractivity contribution in [3.05, 3.63) is 51.4 Å². The molecule has 0 fully saturated rings. The average molecular weight is 320 g/mol. The highest BCUT2D eigenvalue weighted by Gasteiger charge is 2.05. The first-order valence-corrected chi connectivity index (χ1v) is 5.35. The first-order chi connectivity index (χ1) is 7.15. The summed E-state index contributed by atoms with van der Waals surface area (Å²) in [5.74, 6) is -0.852. The van der Waals surface area contributed by atoms with E-state index in [1.807, 2.05) is 0 Å². The van der Waals surface area contributed by atoms with Crippen molar-refractivity contribution in [3.8, 4) is 0 Å². The number of rotatable bonds is 2. The number of nitrogens with zero attached hydrogens (tertiary/aromatic N) is 2. The van der Waals surface area contributed by atoms with Gasteiger partial charge in [0.25, 0.3) is 0 Å². The molecular formula is C10H7F2IN2. The second-order valence-corrected chi connectivity index (χ2v) is 4.34. The maximum absolute atomic E-state index is 13.3. The average Bonchev–Trinajstić information content (AvgIpc) is 2.58. The monoisotopic (exact) mass is 320 g/mol. The zero-order valence-corrected chi connectivity index (χ0v) is 9.78. The van der Waals surface area contributed by atoms with E-state index in [2.05, 4.69) is 27.7 Å². The van der Waals surface area contributed by atoms with Crippen LogP contribution in [0.25, 0.3) is 0 Å². The molecule has 0 N–H and O–H groups in total. The van der Waals surface area contributed by atoms with Crippen LogP contribution in [0.15, 0.2) is 30.6 Å². The van der Waals surface area contributed by atoms with E-state index < -0.39 is 11.6 Å².